The molecule has 39 heavy (non-hydrogen) atoms. The van der Waals surface area contributed by atoms with Crippen molar-refractivity contribution in [2.75, 3.05) is 13.2 Å². The van der Waals surface area contributed by atoms with Crippen molar-refractivity contribution in [1.29, 1.82) is 0 Å². The van der Waals surface area contributed by atoms with E-state index in [1.54, 1.807) is 30.3 Å². The molecule has 0 spiro atoms. The molecule has 0 unspecified atom stereocenters. The summed E-state index contributed by atoms with van der Waals surface area (Å²) in [4.78, 5) is 11.3. The van der Waals surface area contributed by atoms with E-state index in [4.69, 9.17) is 38.1 Å². The maximum absolute atomic E-state index is 11.3. The molecule has 0 fully saturated rings. The number of carboxylic acids is 1. The Balaban J connectivity index is 1.59. The first-order valence-electron chi connectivity index (χ1n) is 12.6. The molecule has 0 aliphatic carbocycles. The number of aromatic carboxylic acids is 1. The summed E-state index contributed by atoms with van der Waals surface area (Å²) >= 11 is 12.9. The van der Waals surface area contributed by atoms with Crippen LogP contribution in [0.15, 0.2) is 90.2 Å². The Labute approximate surface area is 238 Å². The van der Waals surface area contributed by atoms with Crippen molar-refractivity contribution in [3.05, 3.63) is 111 Å². The van der Waals surface area contributed by atoms with E-state index >= 15 is 0 Å². The number of carboxylic acid groups (broad SMARTS) is 1. The van der Waals surface area contributed by atoms with Gasteiger partial charge in [0.2, 0.25) is 5.71 Å². The predicted molar refractivity (Wildman–Crippen MR) is 158 cm³/mol. The van der Waals surface area contributed by atoms with Gasteiger partial charge in [-0.3, -0.25) is 5.41 Å². The summed E-state index contributed by atoms with van der Waals surface area (Å²) in [6, 6.07) is 24.1. The minimum absolute atomic E-state index is 0.0604. The summed E-state index contributed by atoms with van der Waals surface area (Å²) in [5.74, 6) is 0.515. The minimum atomic E-state index is -0.939. The van der Waals surface area contributed by atoms with E-state index in [9.17, 15) is 9.90 Å². The Hall–Kier alpha value is -3.80. The Morgan fingerprint density at radius 2 is 1.51 bits per heavy atom. The SMILES string of the molecule is CCO/C(=C(/COc1ccc(-c2ccc3cc(C(=O)O)ccc3c2)cc1)C(=[NH2+])c1c(Cl)cccc1Cl)C(C)C. The van der Waals surface area contributed by atoms with Gasteiger partial charge in [0.15, 0.2) is 0 Å². The van der Waals surface area contributed by atoms with Crippen molar-refractivity contribution in [1.82, 2.24) is 0 Å². The van der Waals surface area contributed by atoms with E-state index < -0.39 is 5.97 Å². The van der Waals surface area contributed by atoms with E-state index in [0.29, 0.717) is 39.2 Å². The molecule has 7 heteroatoms. The van der Waals surface area contributed by atoms with Crippen molar-refractivity contribution < 1.29 is 24.8 Å². The number of hydrogen-bond acceptors (Lipinski definition) is 3. The molecule has 0 heterocycles. The van der Waals surface area contributed by atoms with Crippen LogP contribution in [0.4, 0.5) is 0 Å². The number of benzene rings is 4. The summed E-state index contributed by atoms with van der Waals surface area (Å²) in [5.41, 5.74) is 3.96. The fourth-order valence-corrected chi connectivity index (χ4v) is 5.00. The van der Waals surface area contributed by atoms with Gasteiger partial charge < -0.3 is 14.6 Å². The van der Waals surface area contributed by atoms with Crippen LogP contribution in [0.3, 0.4) is 0 Å². The van der Waals surface area contributed by atoms with E-state index in [2.05, 4.69) is 0 Å². The molecule has 0 atom stereocenters. The second-order valence-electron chi connectivity index (χ2n) is 9.34. The third-order valence-corrected chi connectivity index (χ3v) is 6.97. The maximum Gasteiger partial charge on any atom is 0.335 e. The molecule has 0 radical (unpaired) electrons. The lowest BCUT2D eigenvalue weighted by atomic mass is 9.97. The van der Waals surface area contributed by atoms with Crippen molar-refractivity contribution in [2.45, 2.75) is 20.8 Å². The first-order chi connectivity index (χ1) is 18.7. The van der Waals surface area contributed by atoms with Gasteiger partial charge in [-0.25, -0.2) is 4.79 Å². The van der Waals surface area contributed by atoms with Crippen LogP contribution in [-0.2, 0) is 4.74 Å². The Kier molecular flexibility index (Phi) is 8.95. The fraction of sp³-hybridized carbons (Fsp3) is 0.188. The van der Waals surface area contributed by atoms with Crippen molar-refractivity contribution in [3.8, 4) is 16.9 Å². The van der Waals surface area contributed by atoms with Crippen molar-refractivity contribution in [3.63, 3.8) is 0 Å². The van der Waals surface area contributed by atoms with Crippen LogP contribution in [0, 0.1) is 5.92 Å². The van der Waals surface area contributed by atoms with Gasteiger partial charge in [0, 0.05) is 5.92 Å². The van der Waals surface area contributed by atoms with Gasteiger partial charge >= 0.3 is 5.97 Å². The molecule has 0 aromatic heterocycles. The predicted octanol–water partition coefficient (Wildman–Crippen LogP) is 7.09. The van der Waals surface area contributed by atoms with Gasteiger partial charge in [0.05, 0.1) is 33.4 Å². The highest BCUT2D eigenvalue weighted by atomic mass is 35.5. The maximum atomic E-state index is 11.3. The minimum Gasteiger partial charge on any atom is -0.497 e. The first kappa shape index (κ1) is 28.2. The summed E-state index contributed by atoms with van der Waals surface area (Å²) in [7, 11) is 0. The zero-order valence-electron chi connectivity index (χ0n) is 22.0. The molecule has 0 amide bonds. The lowest BCUT2D eigenvalue weighted by molar-refractivity contribution is -0.112. The Morgan fingerprint density at radius 1 is 0.897 bits per heavy atom. The Morgan fingerprint density at radius 3 is 2.13 bits per heavy atom. The molecular formula is C32H30Cl2NO4+. The van der Waals surface area contributed by atoms with Crippen LogP contribution >= 0.6 is 23.2 Å². The van der Waals surface area contributed by atoms with Gasteiger partial charge in [-0.2, -0.15) is 0 Å². The van der Waals surface area contributed by atoms with Crippen LogP contribution in [0.5, 0.6) is 5.75 Å². The average Bonchev–Trinajstić information content (AvgIpc) is 2.92. The summed E-state index contributed by atoms with van der Waals surface area (Å²) in [6.45, 7) is 6.65. The van der Waals surface area contributed by atoms with E-state index in [1.807, 2.05) is 69.3 Å². The normalized spacial score (nSPS) is 11.8. The quantitative estimate of drug-likeness (QED) is 0.160. The fourth-order valence-electron chi connectivity index (χ4n) is 4.40. The van der Waals surface area contributed by atoms with Crippen LogP contribution < -0.4 is 10.1 Å². The van der Waals surface area contributed by atoms with Gasteiger partial charge in [-0.05, 0) is 71.3 Å². The summed E-state index contributed by atoms with van der Waals surface area (Å²) < 4.78 is 12.2. The number of carbonyl (C=O) groups is 1. The van der Waals surface area contributed by atoms with Crippen LogP contribution in [0.1, 0.15) is 36.7 Å². The number of nitrogens with two attached hydrogens (primary N) is 1. The molecular weight excluding hydrogens is 533 g/mol. The van der Waals surface area contributed by atoms with Gasteiger partial charge in [-0.1, -0.05) is 73.4 Å². The number of fused-ring (bicyclic) bond motifs is 1. The Bertz CT molecular complexity index is 1540. The lowest BCUT2D eigenvalue weighted by Gasteiger charge is -2.19. The average molecular weight is 564 g/mol. The largest absolute Gasteiger partial charge is 0.497 e. The van der Waals surface area contributed by atoms with Crippen molar-refractivity contribution >= 4 is 45.7 Å². The standard InChI is InChI=1S/C32H29Cl2NO4/c1-4-38-31(19(2)3)26(30(35)29-27(33)6-5-7-28(29)34)18-39-25-14-12-20(13-15-25)21-8-9-23-17-24(32(36)37)11-10-22(23)16-21/h5-17,19,35H,4,18H2,1-3H3,(H,36,37)/p+1/b31-26-,35-30?. The molecule has 200 valence electrons. The zero-order valence-corrected chi connectivity index (χ0v) is 23.5. The molecule has 0 aliphatic rings. The number of ether oxygens (including phenoxy) is 2. The highest BCUT2D eigenvalue weighted by Gasteiger charge is 2.26. The van der Waals surface area contributed by atoms with Gasteiger partial charge in [-0.15, -0.1) is 0 Å². The second-order valence-corrected chi connectivity index (χ2v) is 10.2. The first-order valence-corrected chi connectivity index (χ1v) is 13.4. The van der Waals surface area contributed by atoms with E-state index in [0.717, 1.165) is 27.7 Å². The lowest BCUT2D eigenvalue weighted by Crippen LogP contribution is -2.44. The second kappa shape index (κ2) is 12.4. The molecule has 0 aliphatic heterocycles. The van der Waals surface area contributed by atoms with Gasteiger partial charge in [0.25, 0.3) is 0 Å². The molecule has 5 nitrogen and oxygen atoms in total. The molecule has 4 aromatic rings. The highest BCUT2D eigenvalue weighted by molar-refractivity contribution is 6.41. The smallest absolute Gasteiger partial charge is 0.335 e. The third kappa shape index (κ3) is 6.44. The highest BCUT2D eigenvalue weighted by Crippen LogP contribution is 2.30. The van der Waals surface area contributed by atoms with Crippen LogP contribution in [0.2, 0.25) is 10.0 Å². The van der Waals surface area contributed by atoms with Gasteiger partial charge in [0.1, 0.15) is 18.1 Å². The topological polar surface area (TPSA) is 81.4 Å². The molecule has 0 saturated heterocycles. The molecule has 0 saturated carbocycles. The summed E-state index contributed by atoms with van der Waals surface area (Å²) in [6.07, 6.45) is 0. The third-order valence-electron chi connectivity index (χ3n) is 6.34. The van der Waals surface area contributed by atoms with E-state index in [1.165, 1.54) is 0 Å². The number of allylic oxidation sites excluding steroid dienone is 1. The monoisotopic (exact) mass is 562 g/mol. The zero-order chi connectivity index (χ0) is 28.1. The van der Waals surface area contributed by atoms with Crippen LogP contribution in [0.25, 0.3) is 21.9 Å². The molecule has 4 rings (SSSR count). The number of halogens is 2. The molecule has 4 aromatic carbocycles. The number of hydrogen-bond donors (Lipinski definition) is 2. The van der Waals surface area contributed by atoms with E-state index in [-0.39, 0.29) is 18.1 Å². The van der Waals surface area contributed by atoms with Crippen LogP contribution in [-0.4, -0.2) is 30.0 Å². The summed E-state index contributed by atoms with van der Waals surface area (Å²) in [5, 5.41) is 18.6. The molecule has 3 N–H and O–H groups in total. The molecule has 0 bridgehead atoms. The number of rotatable bonds is 10. The van der Waals surface area contributed by atoms with Crippen molar-refractivity contribution in [2.24, 2.45) is 5.92 Å².